The molecule has 0 fully saturated rings. The van der Waals surface area contributed by atoms with Crippen LogP contribution in [0.4, 0.5) is 0 Å². The van der Waals surface area contributed by atoms with Gasteiger partial charge in [-0.05, 0) is 18.4 Å². The second kappa shape index (κ2) is 3.18. The van der Waals surface area contributed by atoms with Gasteiger partial charge < -0.3 is 10.9 Å². The summed E-state index contributed by atoms with van der Waals surface area (Å²) >= 11 is 0. The summed E-state index contributed by atoms with van der Waals surface area (Å²) in [6.45, 7) is 0. The fourth-order valence-electron chi connectivity index (χ4n) is 1.76. The van der Waals surface area contributed by atoms with E-state index < -0.39 is 0 Å². The molecular weight excluding hydrogens is 164 g/mol. The van der Waals surface area contributed by atoms with Gasteiger partial charge in [0.15, 0.2) is 0 Å². The molecule has 1 aliphatic rings. The van der Waals surface area contributed by atoms with Crippen molar-refractivity contribution in [3.05, 3.63) is 35.4 Å². The van der Waals surface area contributed by atoms with E-state index in [9.17, 15) is 0 Å². The summed E-state index contributed by atoms with van der Waals surface area (Å²) in [6, 6.07) is 7.79. The molecule has 0 aliphatic heterocycles. The topological polar surface area (TPSA) is 58.6 Å². The maximum atomic E-state index is 8.82. The molecule has 0 aromatic heterocycles. The zero-order chi connectivity index (χ0) is 9.26. The third-order valence-electron chi connectivity index (χ3n) is 2.48. The molecule has 0 amide bonds. The molecule has 0 spiro atoms. The van der Waals surface area contributed by atoms with Crippen LogP contribution in [0.15, 0.2) is 29.4 Å². The number of rotatable bonds is 0. The van der Waals surface area contributed by atoms with E-state index in [1.807, 2.05) is 24.3 Å². The van der Waals surface area contributed by atoms with Gasteiger partial charge in [0.1, 0.15) is 5.71 Å². The average molecular weight is 176 g/mol. The van der Waals surface area contributed by atoms with Crippen molar-refractivity contribution in [2.24, 2.45) is 10.9 Å². The van der Waals surface area contributed by atoms with E-state index in [1.165, 1.54) is 5.56 Å². The van der Waals surface area contributed by atoms with Crippen LogP contribution in [0.25, 0.3) is 0 Å². The summed E-state index contributed by atoms with van der Waals surface area (Å²) in [6.07, 6.45) is 1.83. The number of nitrogens with two attached hydrogens (primary N) is 1. The molecule has 3 heteroatoms. The minimum atomic E-state index is -0.125. The summed E-state index contributed by atoms with van der Waals surface area (Å²) < 4.78 is 0. The molecule has 1 aromatic rings. The molecule has 0 saturated heterocycles. The largest absolute Gasteiger partial charge is 0.411 e. The van der Waals surface area contributed by atoms with Gasteiger partial charge in [0.05, 0.1) is 6.04 Å². The predicted molar refractivity (Wildman–Crippen MR) is 51.1 cm³/mol. The SMILES string of the molecule is NC1CCc2ccccc2C1=NO. The molecule has 2 rings (SSSR count). The molecule has 1 unspecified atom stereocenters. The standard InChI is InChI=1S/C10H12N2O/c11-9-6-5-7-3-1-2-4-8(7)10(9)12-13/h1-4,9,13H,5-6,11H2. The van der Waals surface area contributed by atoms with Crippen molar-refractivity contribution in [2.45, 2.75) is 18.9 Å². The Bertz CT molecular complexity index is 347. The minimum Gasteiger partial charge on any atom is -0.411 e. The van der Waals surface area contributed by atoms with Crippen molar-refractivity contribution in [1.82, 2.24) is 0 Å². The van der Waals surface area contributed by atoms with Gasteiger partial charge >= 0.3 is 0 Å². The molecule has 0 radical (unpaired) electrons. The highest BCUT2D eigenvalue weighted by atomic mass is 16.4. The van der Waals surface area contributed by atoms with Crippen LogP contribution in [-0.2, 0) is 6.42 Å². The second-order valence-electron chi connectivity index (χ2n) is 3.29. The summed E-state index contributed by atoms with van der Waals surface area (Å²) in [7, 11) is 0. The number of oxime groups is 1. The Morgan fingerprint density at radius 1 is 1.38 bits per heavy atom. The van der Waals surface area contributed by atoms with Crippen LogP contribution in [-0.4, -0.2) is 17.0 Å². The van der Waals surface area contributed by atoms with Crippen molar-refractivity contribution >= 4 is 5.71 Å². The molecular formula is C10H12N2O. The van der Waals surface area contributed by atoms with E-state index in [2.05, 4.69) is 5.16 Å². The molecule has 1 aliphatic carbocycles. The predicted octanol–water partition coefficient (Wildman–Crippen LogP) is 1.14. The Kier molecular flexibility index (Phi) is 2.02. The van der Waals surface area contributed by atoms with Crippen LogP contribution in [0.3, 0.4) is 0 Å². The Hall–Kier alpha value is -1.35. The Morgan fingerprint density at radius 3 is 2.92 bits per heavy atom. The fourth-order valence-corrected chi connectivity index (χ4v) is 1.76. The second-order valence-corrected chi connectivity index (χ2v) is 3.29. The third kappa shape index (κ3) is 1.31. The minimum absolute atomic E-state index is 0.125. The van der Waals surface area contributed by atoms with E-state index in [0.717, 1.165) is 18.4 Å². The van der Waals surface area contributed by atoms with Gasteiger partial charge in [0, 0.05) is 5.56 Å². The highest BCUT2D eigenvalue weighted by molar-refractivity contribution is 6.05. The smallest absolute Gasteiger partial charge is 0.104 e. The lowest BCUT2D eigenvalue weighted by Crippen LogP contribution is -2.35. The van der Waals surface area contributed by atoms with Crippen LogP contribution in [0.5, 0.6) is 0 Å². The van der Waals surface area contributed by atoms with Crippen LogP contribution < -0.4 is 5.73 Å². The zero-order valence-electron chi connectivity index (χ0n) is 7.27. The Balaban J connectivity index is 2.52. The van der Waals surface area contributed by atoms with Crippen LogP contribution >= 0.6 is 0 Å². The van der Waals surface area contributed by atoms with Gasteiger partial charge in [-0.25, -0.2) is 0 Å². The lowest BCUT2D eigenvalue weighted by Gasteiger charge is -2.21. The summed E-state index contributed by atoms with van der Waals surface area (Å²) in [5, 5.41) is 12.1. The van der Waals surface area contributed by atoms with Gasteiger partial charge in [-0.2, -0.15) is 0 Å². The molecule has 68 valence electrons. The molecule has 1 atom stereocenters. The molecule has 13 heavy (non-hydrogen) atoms. The Labute approximate surface area is 76.9 Å². The van der Waals surface area contributed by atoms with Gasteiger partial charge in [0.25, 0.3) is 0 Å². The van der Waals surface area contributed by atoms with Crippen molar-refractivity contribution in [1.29, 1.82) is 0 Å². The summed E-state index contributed by atoms with van der Waals surface area (Å²) in [5.74, 6) is 0. The van der Waals surface area contributed by atoms with Crippen LogP contribution in [0.1, 0.15) is 17.5 Å². The normalized spacial score (nSPS) is 24.4. The van der Waals surface area contributed by atoms with Crippen molar-refractivity contribution < 1.29 is 5.21 Å². The lowest BCUT2D eigenvalue weighted by atomic mass is 9.87. The molecule has 3 nitrogen and oxygen atoms in total. The molecule has 0 bridgehead atoms. The molecule has 3 N–H and O–H groups in total. The first-order valence-electron chi connectivity index (χ1n) is 4.38. The van der Waals surface area contributed by atoms with Crippen molar-refractivity contribution in [2.75, 3.05) is 0 Å². The van der Waals surface area contributed by atoms with E-state index in [0.29, 0.717) is 5.71 Å². The number of hydrogen-bond donors (Lipinski definition) is 2. The van der Waals surface area contributed by atoms with Crippen molar-refractivity contribution in [3.8, 4) is 0 Å². The lowest BCUT2D eigenvalue weighted by molar-refractivity contribution is 0.316. The first-order valence-corrected chi connectivity index (χ1v) is 4.38. The number of benzene rings is 1. The third-order valence-corrected chi connectivity index (χ3v) is 2.48. The van der Waals surface area contributed by atoms with E-state index in [4.69, 9.17) is 10.9 Å². The quantitative estimate of drug-likeness (QED) is 0.460. The monoisotopic (exact) mass is 176 g/mol. The summed E-state index contributed by atoms with van der Waals surface area (Å²) in [5.41, 5.74) is 8.64. The number of fused-ring (bicyclic) bond motifs is 1. The van der Waals surface area contributed by atoms with Crippen LogP contribution in [0, 0.1) is 0 Å². The van der Waals surface area contributed by atoms with E-state index in [1.54, 1.807) is 0 Å². The van der Waals surface area contributed by atoms with Crippen LogP contribution in [0.2, 0.25) is 0 Å². The maximum Gasteiger partial charge on any atom is 0.104 e. The van der Waals surface area contributed by atoms with Crippen molar-refractivity contribution in [3.63, 3.8) is 0 Å². The van der Waals surface area contributed by atoms with Gasteiger partial charge in [-0.1, -0.05) is 29.4 Å². The molecule has 0 saturated carbocycles. The first kappa shape index (κ1) is 8.26. The molecule has 1 aromatic carbocycles. The fraction of sp³-hybridized carbons (Fsp3) is 0.300. The average Bonchev–Trinajstić information content (AvgIpc) is 2.18. The zero-order valence-corrected chi connectivity index (χ0v) is 7.27. The summed E-state index contributed by atoms with van der Waals surface area (Å²) in [4.78, 5) is 0. The Morgan fingerprint density at radius 2 is 2.15 bits per heavy atom. The number of hydrogen-bond acceptors (Lipinski definition) is 3. The van der Waals surface area contributed by atoms with Gasteiger partial charge in [0.2, 0.25) is 0 Å². The highest BCUT2D eigenvalue weighted by Gasteiger charge is 2.22. The molecule has 0 heterocycles. The van der Waals surface area contributed by atoms with Gasteiger partial charge in [-0.15, -0.1) is 0 Å². The number of nitrogens with zero attached hydrogens (tertiary/aromatic N) is 1. The van der Waals surface area contributed by atoms with E-state index in [-0.39, 0.29) is 6.04 Å². The first-order chi connectivity index (χ1) is 6.33. The highest BCUT2D eigenvalue weighted by Crippen LogP contribution is 2.20. The van der Waals surface area contributed by atoms with Gasteiger partial charge in [-0.3, -0.25) is 0 Å². The maximum absolute atomic E-state index is 8.82. The van der Waals surface area contributed by atoms with E-state index >= 15 is 0 Å². The number of aryl methyl sites for hydroxylation is 1.